The summed E-state index contributed by atoms with van der Waals surface area (Å²) in [5.41, 5.74) is 10.7. The van der Waals surface area contributed by atoms with E-state index in [1.165, 1.54) is 66.3 Å². The Balaban J connectivity index is 1.57. The molecule has 1 aromatic carbocycles. The second-order valence-electron chi connectivity index (χ2n) is 10.5. The highest BCUT2D eigenvalue weighted by atomic mass is 19.3. The molecule has 0 saturated heterocycles. The number of rotatable bonds is 5. The van der Waals surface area contributed by atoms with Crippen molar-refractivity contribution in [1.29, 1.82) is 0 Å². The lowest BCUT2D eigenvalue weighted by molar-refractivity contribution is 0.303. The van der Waals surface area contributed by atoms with Crippen LogP contribution in [0.4, 0.5) is 8.78 Å². The summed E-state index contributed by atoms with van der Waals surface area (Å²) in [7, 11) is 0. The smallest absolute Gasteiger partial charge is 0.174 e. The van der Waals surface area contributed by atoms with Gasteiger partial charge in [0, 0.05) is 0 Å². The molecular weight excluding hydrogens is 386 g/mol. The van der Waals surface area contributed by atoms with E-state index in [4.69, 9.17) is 0 Å². The van der Waals surface area contributed by atoms with Crippen molar-refractivity contribution in [3.63, 3.8) is 0 Å². The Morgan fingerprint density at radius 3 is 1.77 bits per heavy atom. The molecule has 31 heavy (non-hydrogen) atoms. The minimum atomic E-state index is -1.52. The summed E-state index contributed by atoms with van der Waals surface area (Å²) in [6, 6.07) is 0. The third-order valence-electron chi connectivity index (χ3n) is 8.83. The second-order valence-corrected chi connectivity index (χ2v) is 10.5. The van der Waals surface area contributed by atoms with Crippen LogP contribution in [-0.2, 0) is 0 Å². The number of hydrogen-bond acceptors (Lipinski definition) is 0. The Labute approximate surface area is 189 Å². The summed E-state index contributed by atoms with van der Waals surface area (Å²) >= 11 is 0. The Hall–Kier alpha value is -1.44. The van der Waals surface area contributed by atoms with Gasteiger partial charge >= 0.3 is 0 Å². The topological polar surface area (TPSA) is 0 Å². The van der Waals surface area contributed by atoms with Gasteiger partial charge in [-0.15, -0.1) is 0 Å². The van der Waals surface area contributed by atoms with Gasteiger partial charge in [0.2, 0.25) is 0 Å². The number of allylic oxidation sites excluding steroid dienone is 3. The highest BCUT2D eigenvalue weighted by Gasteiger charge is 2.27. The van der Waals surface area contributed by atoms with Gasteiger partial charge in [-0.3, -0.25) is 0 Å². The fourth-order valence-electron chi connectivity index (χ4n) is 6.33. The van der Waals surface area contributed by atoms with E-state index < -0.39 is 6.08 Å². The molecular formula is C29H42F2. The Kier molecular flexibility index (Phi) is 8.16. The molecule has 0 amide bonds. The van der Waals surface area contributed by atoms with Crippen LogP contribution < -0.4 is 0 Å². The van der Waals surface area contributed by atoms with E-state index in [9.17, 15) is 8.78 Å². The predicted octanol–water partition coefficient (Wildman–Crippen LogP) is 9.43. The van der Waals surface area contributed by atoms with Gasteiger partial charge in [-0.05, 0) is 162 Å². The largest absolute Gasteiger partial charge is 0.266 e. The van der Waals surface area contributed by atoms with Crippen LogP contribution in [0.2, 0.25) is 0 Å². The van der Waals surface area contributed by atoms with E-state index in [0.717, 1.165) is 24.8 Å². The van der Waals surface area contributed by atoms with E-state index in [2.05, 4.69) is 47.6 Å². The van der Waals surface area contributed by atoms with Crippen LogP contribution in [0.25, 0.3) is 0 Å². The molecule has 0 aliphatic heterocycles. The number of halogens is 2. The first kappa shape index (κ1) is 24.2. The van der Waals surface area contributed by atoms with E-state index in [0.29, 0.717) is 24.2 Å². The molecule has 0 heterocycles. The van der Waals surface area contributed by atoms with Gasteiger partial charge in [0.1, 0.15) is 0 Å². The van der Waals surface area contributed by atoms with Crippen LogP contribution in [-0.4, -0.2) is 0 Å². The SMILES string of the molecule is CC(=CC1CCC(CC=C(F)F)CC1)C1CCC(c2c(C)c(C)c(C)c(C)c2C)CC1. The zero-order valence-corrected chi connectivity index (χ0v) is 20.6. The third kappa shape index (κ3) is 5.68. The normalized spacial score (nSPS) is 27.3. The lowest BCUT2D eigenvalue weighted by atomic mass is 9.72. The molecule has 2 aliphatic rings. The summed E-state index contributed by atoms with van der Waals surface area (Å²) < 4.78 is 24.7. The van der Waals surface area contributed by atoms with E-state index in [1.807, 2.05) is 0 Å². The second kappa shape index (κ2) is 10.5. The maximum Gasteiger partial charge on any atom is 0.266 e. The monoisotopic (exact) mass is 428 g/mol. The van der Waals surface area contributed by atoms with Crippen molar-refractivity contribution in [3.05, 3.63) is 57.2 Å². The zero-order valence-electron chi connectivity index (χ0n) is 20.6. The van der Waals surface area contributed by atoms with Gasteiger partial charge < -0.3 is 0 Å². The molecule has 0 radical (unpaired) electrons. The standard InChI is InChI=1S/C29H42F2/c1-18(17-25-9-7-24(8-10-25)11-16-28(30)31)26-12-14-27(15-13-26)29-22(5)20(3)19(2)21(4)23(29)6/h16-17,24-27H,7-15H2,1-6H3. The molecule has 3 rings (SSSR count). The first-order valence-electron chi connectivity index (χ1n) is 12.4. The van der Waals surface area contributed by atoms with Crippen molar-refractivity contribution in [2.45, 2.75) is 105 Å². The molecule has 0 nitrogen and oxygen atoms in total. The quantitative estimate of drug-likeness (QED) is 0.410. The predicted molar refractivity (Wildman–Crippen MR) is 129 cm³/mol. The van der Waals surface area contributed by atoms with Crippen molar-refractivity contribution < 1.29 is 8.78 Å². The minimum Gasteiger partial charge on any atom is -0.174 e. The molecule has 2 saturated carbocycles. The van der Waals surface area contributed by atoms with Crippen molar-refractivity contribution >= 4 is 0 Å². The Morgan fingerprint density at radius 2 is 1.26 bits per heavy atom. The summed E-state index contributed by atoms with van der Waals surface area (Å²) in [4.78, 5) is 0. The van der Waals surface area contributed by atoms with Crippen LogP contribution >= 0.6 is 0 Å². The molecule has 0 bridgehead atoms. The summed E-state index contributed by atoms with van der Waals surface area (Å²) in [5, 5.41) is 0. The zero-order chi connectivity index (χ0) is 22.7. The lowest BCUT2D eigenvalue weighted by Gasteiger charge is -2.33. The Bertz CT molecular complexity index is 796. The molecule has 2 heteroatoms. The average molecular weight is 429 g/mol. The Morgan fingerprint density at radius 1 is 0.742 bits per heavy atom. The molecule has 2 aliphatic carbocycles. The molecule has 0 spiro atoms. The minimum absolute atomic E-state index is 0.454. The molecule has 0 aromatic heterocycles. The summed E-state index contributed by atoms with van der Waals surface area (Å²) in [5.74, 6) is 2.54. The van der Waals surface area contributed by atoms with Gasteiger partial charge in [0.25, 0.3) is 6.08 Å². The van der Waals surface area contributed by atoms with Crippen LogP contribution in [0.15, 0.2) is 23.8 Å². The lowest BCUT2D eigenvalue weighted by Crippen LogP contribution is -2.18. The van der Waals surface area contributed by atoms with Crippen LogP contribution in [0.3, 0.4) is 0 Å². The number of benzene rings is 1. The van der Waals surface area contributed by atoms with Gasteiger partial charge in [-0.25, -0.2) is 0 Å². The highest BCUT2D eigenvalue weighted by molar-refractivity contribution is 5.51. The maximum atomic E-state index is 12.3. The third-order valence-corrected chi connectivity index (χ3v) is 8.83. The molecule has 0 atom stereocenters. The van der Waals surface area contributed by atoms with Gasteiger partial charge in [0.05, 0.1) is 0 Å². The molecule has 1 aromatic rings. The van der Waals surface area contributed by atoms with Crippen molar-refractivity contribution in [2.75, 3.05) is 0 Å². The van der Waals surface area contributed by atoms with E-state index in [1.54, 1.807) is 11.1 Å². The van der Waals surface area contributed by atoms with Gasteiger partial charge in [-0.1, -0.05) is 11.6 Å². The molecule has 2 fully saturated rings. The fraction of sp³-hybridized carbons (Fsp3) is 0.655. The first-order chi connectivity index (χ1) is 14.7. The van der Waals surface area contributed by atoms with E-state index >= 15 is 0 Å². The summed E-state index contributed by atoms with van der Waals surface area (Å²) in [6.07, 6.45) is 12.4. The maximum absolute atomic E-state index is 12.3. The molecule has 0 N–H and O–H groups in total. The van der Waals surface area contributed by atoms with E-state index in [-0.39, 0.29) is 0 Å². The van der Waals surface area contributed by atoms with Gasteiger partial charge in [0.15, 0.2) is 0 Å². The van der Waals surface area contributed by atoms with Crippen LogP contribution in [0.5, 0.6) is 0 Å². The molecule has 0 unspecified atom stereocenters. The fourth-order valence-corrected chi connectivity index (χ4v) is 6.33. The highest BCUT2D eigenvalue weighted by Crippen LogP contribution is 2.43. The summed E-state index contributed by atoms with van der Waals surface area (Å²) in [6.45, 7) is 13.8. The first-order valence-corrected chi connectivity index (χ1v) is 12.4. The van der Waals surface area contributed by atoms with Crippen LogP contribution in [0.1, 0.15) is 104 Å². The average Bonchev–Trinajstić information content (AvgIpc) is 2.76. The number of hydrogen-bond donors (Lipinski definition) is 0. The van der Waals surface area contributed by atoms with Crippen LogP contribution in [0, 0.1) is 52.4 Å². The van der Waals surface area contributed by atoms with Crippen molar-refractivity contribution in [2.24, 2.45) is 17.8 Å². The van der Waals surface area contributed by atoms with Gasteiger partial charge in [-0.2, -0.15) is 8.78 Å². The van der Waals surface area contributed by atoms with Crippen molar-refractivity contribution in [1.82, 2.24) is 0 Å². The molecule has 172 valence electrons. The van der Waals surface area contributed by atoms with Crippen molar-refractivity contribution in [3.8, 4) is 0 Å².